The Bertz CT molecular complexity index is 690. The topological polar surface area (TPSA) is 35.9 Å². The van der Waals surface area contributed by atoms with Crippen LogP contribution in [0.4, 0.5) is 0 Å². The molecule has 0 bridgehead atoms. The fourth-order valence-electron chi connectivity index (χ4n) is 3.78. The average Bonchev–Trinajstić information content (AvgIpc) is 2.69. The molecule has 0 amide bonds. The number of hydrogen-bond acceptors (Lipinski definition) is 4. The Hall–Kier alpha value is -2.04. The van der Waals surface area contributed by atoms with Crippen LogP contribution < -0.4 is 4.74 Å². The summed E-state index contributed by atoms with van der Waals surface area (Å²) in [6, 6.07) is 16.9. The maximum absolute atomic E-state index is 10.3. The monoisotopic (exact) mass is 354 g/mol. The van der Waals surface area contributed by atoms with E-state index in [0.717, 1.165) is 31.6 Å². The van der Waals surface area contributed by atoms with E-state index in [1.165, 1.54) is 24.9 Å². The van der Waals surface area contributed by atoms with Crippen molar-refractivity contribution >= 4 is 0 Å². The summed E-state index contributed by atoms with van der Waals surface area (Å²) in [5.74, 6) is 0.808. The number of para-hydroxylation sites is 1. The van der Waals surface area contributed by atoms with Crippen LogP contribution in [0.2, 0.25) is 0 Å². The summed E-state index contributed by atoms with van der Waals surface area (Å²) in [6.45, 7) is 4.12. The van der Waals surface area contributed by atoms with Crippen LogP contribution in [0.25, 0.3) is 0 Å². The Morgan fingerprint density at radius 2 is 1.96 bits per heavy atom. The maximum atomic E-state index is 10.3. The molecule has 1 aliphatic rings. The summed E-state index contributed by atoms with van der Waals surface area (Å²) in [6.07, 6.45) is 3.55. The number of piperidine rings is 1. The molecule has 4 nitrogen and oxygen atoms in total. The fraction of sp³-hybridized carbons (Fsp3) is 0.455. The number of nitrogens with zero attached hydrogens (tertiary/aromatic N) is 2. The number of rotatable bonds is 7. The Labute approximate surface area is 157 Å². The van der Waals surface area contributed by atoms with E-state index in [9.17, 15) is 5.11 Å². The molecule has 2 aromatic carbocycles. The summed E-state index contributed by atoms with van der Waals surface area (Å²) in [4.78, 5) is 4.94. The van der Waals surface area contributed by atoms with Crippen LogP contribution in [0.1, 0.15) is 24.0 Å². The van der Waals surface area contributed by atoms with Gasteiger partial charge >= 0.3 is 0 Å². The summed E-state index contributed by atoms with van der Waals surface area (Å²) >= 11 is 0. The van der Waals surface area contributed by atoms with E-state index in [-0.39, 0.29) is 5.75 Å². The Kier molecular flexibility index (Phi) is 6.53. The number of hydrogen-bond donors (Lipinski definition) is 1. The molecule has 1 saturated heterocycles. The van der Waals surface area contributed by atoms with Crippen LogP contribution in [0.3, 0.4) is 0 Å². The number of aromatic hydroxyl groups is 1. The molecule has 26 heavy (non-hydrogen) atoms. The molecule has 1 aliphatic heterocycles. The molecular weight excluding hydrogens is 324 g/mol. The predicted octanol–water partition coefficient (Wildman–Crippen LogP) is 3.54. The molecule has 0 saturated carbocycles. The molecule has 1 N–H and O–H groups in total. The van der Waals surface area contributed by atoms with Gasteiger partial charge in [0.05, 0.1) is 7.11 Å². The molecule has 1 unspecified atom stereocenters. The van der Waals surface area contributed by atoms with E-state index in [1.807, 2.05) is 12.1 Å². The average molecular weight is 354 g/mol. The first-order valence-electron chi connectivity index (χ1n) is 9.48. The molecule has 2 aromatic rings. The molecule has 1 atom stereocenters. The zero-order valence-corrected chi connectivity index (χ0v) is 15.9. The lowest BCUT2D eigenvalue weighted by molar-refractivity contribution is 0.112. The Balaban J connectivity index is 1.55. The van der Waals surface area contributed by atoms with Gasteiger partial charge in [0.1, 0.15) is 0 Å². The van der Waals surface area contributed by atoms with Gasteiger partial charge in [-0.25, -0.2) is 0 Å². The molecule has 0 spiro atoms. The molecule has 0 aromatic heterocycles. The molecule has 0 radical (unpaired) electrons. The number of benzene rings is 2. The van der Waals surface area contributed by atoms with Crippen LogP contribution in [0.5, 0.6) is 11.5 Å². The molecule has 0 aliphatic carbocycles. The van der Waals surface area contributed by atoms with Crippen molar-refractivity contribution in [1.29, 1.82) is 0 Å². The standard InChI is InChI=1S/C22H30N2O2/c1-23(16-19-10-6-12-21(26-2)22(19)25)20-11-7-14-24(17-20)15-13-18-8-4-3-5-9-18/h3-6,8-10,12,20,25H,7,11,13-17H2,1-2H3. The first-order valence-corrected chi connectivity index (χ1v) is 9.48. The lowest BCUT2D eigenvalue weighted by atomic mass is 10.0. The molecule has 4 heteroatoms. The highest BCUT2D eigenvalue weighted by molar-refractivity contribution is 5.45. The second-order valence-electron chi connectivity index (χ2n) is 7.22. The number of likely N-dealkylation sites (tertiary alicyclic amines) is 1. The van der Waals surface area contributed by atoms with E-state index in [1.54, 1.807) is 13.2 Å². The second kappa shape index (κ2) is 9.06. The van der Waals surface area contributed by atoms with Gasteiger partial charge in [0, 0.05) is 31.2 Å². The van der Waals surface area contributed by atoms with Crippen LogP contribution in [-0.4, -0.2) is 54.7 Å². The molecule has 1 fully saturated rings. The number of ether oxygens (including phenoxy) is 1. The third-order valence-corrected chi connectivity index (χ3v) is 5.39. The van der Waals surface area contributed by atoms with Gasteiger partial charge < -0.3 is 14.7 Å². The minimum atomic E-state index is 0.263. The minimum Gasteiger partial charge on any atom is -0.504 e. The Morgan fingerprint density at radius 1 is 1.15 bits per heavy atom. The van der Waals surface area contributed by atoms with E-state index >= 15 is 0 Å². The molecule has 3 rings (SSSR count). The van der Waals surface area contributed by atoms with Crippen molar-refractivity contribution < 1.29 is 9.84 Å². The van der Waals surface area contributed by atoms with E-state index in [4.69, 9.17) is 4.74 Å². The normalized spacial score (nSPS) is 18.2. The lowest BCUT2D eigenvalue weighted by Crippen LogP contribution is -2.46. The SMILES string of the molecule is COc1cccc(CN(C)C2CCCN(CCc3ccccc3)C2)c1O. The molecule has 140 valence electrons. The first kappa shape index (κ1) is 18.7. The number of phenolic OH excluding ortho intramolecular Hbond substituents is 1. The van der Waals surface area contributed by atoms with Crippen LogP contribution >= 0.6 is 0 Å². The summed E-state index contributed by atoms with van der Waals surface area (Å²) in [7, 11) is 3.75. The van der Waals surface area contributed by atoms with Crippen molar-refractivity contribution in [2.24, 2.45) is 0 Å². The van der Waals surface area contributed by atoms with Crippen molar-refractivity contribution in [3.63, 3.8) is 0 Å². The summed E-state index contributed by atoms with van der Waals surface area (Å²) < 4.78 is 5.23. The van der Waals surface area contributed by atoms with Gasteiger partial charge in [-0.05, 0) is 44.5 Å². The van der Waals surface area contributed by atoms with Crippen molar-refractivity contribution in [3.8, 4) is 11.5 Å². The second-order valence-corrected chi connectivity index (χ2v) is 7.22. The quantitative estimate of drug-likeness (QED) is 0.825. The number of likely N-dealkylation sites (N-methyl/N-ethyl adjacent to an activating group) is 1. The third kappa shape index (κ3) is 4.77. The molecular formula is C22H30N2O2. The largest absolute Gasteiger partial charge is 0.504 e. The summed E-state index contributed by atoms with van der Waals surface area (Å²) in [5, 5.41) is 10.3. The van der Waals surface area contributed by atoms with E-state index in [2.05, 4.69) is 47.2 Å². The van der Waals surface area contributed by atoms with Crippen LogP contribution in [0.15, 0.2) is 48.5 Å². The van der Waals surface area contributed by atoms with Crippen molar-refractivity contribution in [2.75, 3.05) is 33.8 Å². The van der Waals surface area contributed by atoms with Gasteiger partial charge in [-0.15, -0.1) is 0 Å². The van der Waals surface area contributed by atoms with Gasteiger partial charge in [-0.2, -0.15) is 0 Å². The van der Waals surface area contributed by atoms with Gasteiger partial charge in [0.25, 0.3) is 0 Å². The van der Waals surface area contributed by atoms with Crippen molar-refractivity contribution in [2.45, 2.75) is 31.8 Å². The fourth-order valence-corrected chi connectivity index (χ4v) is 3.78. The lowest BCUT2D eigenvalue weighted by Gasteiger charge is -2.38. The van der Waals surface area contributed by atoms with Crippen LogP contribution in [-0.2, 0) is 13.0 Å². The number of methoxy groups -OCH3 is 1. The highest BCUT2D eigenvalue weighted by Gasteiger charge is 2.23. The first-order chi connectivity index (χ1) is 12.7. The zero-order chi connectivity index (χ0) is 18.4. The Morgan fingerprint density at radius 3 is 2.73 bits per heavy atom. The smallest absolute Gasteiger partial charge is 0.162 e. The van der Waals surface area contributed by atoms with Crippen molar-refractivity contribution in [1.82, 2.24) is 9.80 Å². The van der Waals surface area contributed by atoms with Gasteiger partial charge in [0.2, 0.25) is 0 Å². The summed E-state index contributed by atoms with van der Waals surface area (Å²) in [5.41, 5.74) is 2.33. The van der Waals surface area contributed by atoms with E-state index < -0.39 is 0 Å². The van der Waals surface area contributed by atoms with Gasteiger partial charge in [-0.1, -0.05) is 42.5 Å². The van der Waals surface area contributed by atoms with Crippen molar-refractivity contribution in [3.05, 3.63) is 59.7 Å². The third-order valence-electron chi connectivity index (χ3n) is 5.39. The van der Waals surface area contributed by atoms with E-state index in [0.29, 0.717) is 11.8 Å². The zero-order valence-electron chi connectivity index (χ0n) is 15.9. The van der Waals surface area contributed by atoms with Gasteiger partial charge in [0.15, 0.2) is 11.5 Å². The highest BCUT2D eigenvalue weighted by atomic mass is 16.5. The maximum Gasteiger partial charge on any atom is 0.162 e. The highest BCUT2D eigenvalue weighted by Crippen LogP contribution is 2.30. The predicted molar refractivity (Wildman–Crippen MR) is 106 cm³/mol. The number of phenols is 1. The minimum absolute atomic E-state index is 0.263. The molecule has 1 heterocycles. The van der Waals surface area contributed by atoms with Crippen LogP contribution in [0, 0.1) is 0 Å². The van der Waals surface area contributed by atoms with Gasteiger partial charge in [-0.3, -0.25) is 4.90 Å².